The number of rotatable bonds is 10. The summed E-state index contributed by atoms with van der Waals surface area (Å²) in [5, 5.41) is 9.74. The molecule has 0 aliphatic rings. The third-order valence-corrected chi connectivity index (χ3v) is 5.89. The van der Waals surface area contributed by atoms with Gasteiger partial charge < -0.3 is 20.7 Å². The van der Waals surface area contributed by atoms with Crippen molar-refractivity contribution in [3.05, 3.63) is 96.0 Å². The van der Waals surface area contributed by atoms with E-state index in [9.17, 15) is 14.0 Å². The van der Waals surface area contributed by atoms with Gasteiger partial charge in [0.05, 0.1) is 16.5 Å². The van der Waals surface area contributed by atoms with Crippen LogP contribution in [0, 0.1) is 11.7 Å². The Morgan fingerprint density at radius 1 is 1.11 bits per heavy atom. The van der Waals surface area contributed by atoms with Crippen molar-refractivity contribution in [1.29, 1.82) is 0 Å². The molecule has 3 N–H and O–H groups in total. The fourth-order valence-corrected chi connectivity index (χ4v) is 3.77. The van der Waals surface area contributed by atoms with E-state index in [1.165, 1.54) is 18.5 Å². The van der Waals surface area contributed by atoms with Crippen molar-refractivity contribution in [3.63, 3.8) is 0 Å². The summed E-state index contributed by atoms with van der Waals surface area (Å²) in [6.07, 6.45) is 2.59. The number of benzene rings is 3. The van der Waals surface area contributed by atoms with Crippen LogP contribution in [0.1, 0.15) is 12.5 Å². The van der Waals surface area contributed by atoms with E-state index in [2.05, 4.69) is 32.5 Å². The van der Waals surface area contributed by atoms with Gasteiger partial charge in [0.15, 0.2) is 0 Å². The summed E-state index contributed by atoms with van der Waals surface area (Å²) in [5.41, 5.74) is 2.58. The average molecular weight is 534 g/mol. The van der Waals surface area contributed by atoms with Crippen molar-refractivity contribution >= 4 is 51.5 Å². The van der Waals surface area contributed by atoms with E-state index < -0.39 is 5.92 Å². The van der Waals surface area contributed by atoms with Gasteiger partial charge in [-0.05, 0) is 60.2 Å². The van der Waals surface area contributed by atoms with Crippen LogP contribution in [0.25, 0.3) is 10.9 Å². The van der Waals surface area contributed by atoms with Crippen molar-refractivity contribution in [1.82, 2.24) is 15.3 Å². The molecule has 2 amide bonds. The van der Waals surface area contributed by atoms with Gasteiger partial charge in [-0.3, -0.25) is 9.59 Å². The number of halogens is 2. The van der Waals surface area contributed by atoms with Crippen LogP contribution < -0.4 is 20.7 Å². The number of carbonyl (C=O) groups excluding carboxylic acids is 2. The fraction of sp³-hybridized carbons (Fsp3) is 0.143. The topological polar surface area (TPSA) is 105 Å². The number of nitrogens with one attached hydrogen (secondary N) is 3. The van der Waals surface area contributed by atoms with Crippen molar-refractivity contribution in [2.75, 3.05) is 17.2 Å². The van der Waals surface area contributed by atoms with E-state index in [1.54, 1.807) is 55.5 Å². The number of hydrogen-bond donors (Lipinski definition) is 3. The third kappa shape index (κ3) is 6.83. The molecule has 4 aromatic rings. The molecule has 38 heavy (non-hydrogen) atoms. The lowest BCUT2D eigenvalue weighted by atomic mass is 10.1. The highest BCUT2D eigenvalue weighted by atomic mass is 35.5. The number of nitrogens with zero attached hydrogens (tertiary/aromatic N) is 2. The first-order chi connectivity index (χ1) is 18.3. The first kappa shape index (κ1) is 26.6. The number of anilines is 3. The Morgan fingerprint density at radius 2 is 1.92 bits per heavy atom. The van der Waals surface area contributed by atoms with Gasteiger partial charge in [0.25, 0.3) is 0 Å². The molecular weight excluding hydrogens is 509 g/mol. The molecule has 1 heterocycles. The molecule has 194 valence electrons. The Bertz CT molecular complexity index is 1500. The van der Waals surface area contributed by atoms with Crippen LogP contribution in [0.3, 0.4) is 0 Å². The summed E-state index contributed by atoms with van der Waals surface area (Å²) in [6.45, 7) is 5.47. The highest BCUT2D eigenvalue weighted by molar-refractivity contribution is 6.32. The third-order valence-electron chi connectivity index (χ3n) is 5.60. The number of ether oxygens (including phenoxy) is 1. The lowest BCUT2D eigenvalue weighted by molar-refractivity contribution is -0.120. The maximum absolute atomic E-state index is 13.4. The first-order valence-corrected chi connectivity index (χ1v) is 12.1. The molecule has 0 aliphatic carbocycles. The van der Waals surface area contributed by atoms with E-state index in [0.717, 1.165) is 6.08 Å². The summed E-state index contributed by atoms with van der Waals surface area (Å²) in [5.74, 6) is -0.402. The van der Waals surface area contributed by atoms with Crippen LogP contribution in [0.5, 0.6) is 5.75 Å². The quantitative estimate of drug-likeness (QED) is 0.228. The number of carbonyl (C=O) groups is 2. The number of hydrogen-bond acceptors (Lipinski definition) is 6. The van der Waals surface area contributed by atoms with E-state index in [1.807, 2.05) is 0 Å². The van der Waals surface area contributed by atoms with E-state index in [-0.39, 0.29) is 30.8 Å². The molecule has 0 fully saturated rings. The molecule has 0 radical (unpaired) electrons. The van der Waals surface area contributed by atoms with Crippen molar-refractivity contribution < 1.29 is 18.7 Å². The zero-order valence-electron chi connectivity index (χ0n) is 20.5. The molecule has 0 spiro atoms. The van der Waals surface area contributed by atoms with E-state index in [4.69, 9.17) is 16.3 Å². The number of fused-ring (bicyclic) bond motifs is 1. The molecular formula is C28H25ClFN5O3. The van der Waals surface area contributed by atoms with E-state index >= 15 is 0 Å². The zero-order chi connectivity index (χ0) is 27.1. The number of aromatic nitrogens is 2. The summed E-state index contributed by atoms with van der Waals surface area (Å²) in [6, 6.07) is 16.6. The fourth-order valence-electron chi connectivity index (χ4n) is 3.54. The molecule has 10 heteroatoms. The molecule has 3 aromatic carbocycles. The SMILES string of the molecule is C=CC(=O)NCC(C)C(=O)Nc1ccc2ncnc(Nc3ccc(OCc4cccc(F)c4)c(Cl)c3)c2c1. The second kappa shape index (κ2) is 12.2. The van der Waals surface area contributed by atoms with Crippen LogP contribution >= 0.6 is 11.6 Å². The Kier molecular flexibility index (Phi) is 8.50. The zero-order valence-corrected chi connectivity index (χ0v) is 21.3. The number of amides is 2. The minimum absolute atomic E-state index is 0.175. The first-order valence-electron chi connectivity index (χ1n) is 11.7. The maximum Gasteiger partial charge on any atom is 0.243 e. The van der Waals surface area contributed by atoms with Crippen molar-refractivity contribution in [2.24, 2.45) is 5.92 Å². The van der Waals surface area contributed by atoms with Crippen molar-refractivity contribution in [2.45, 2.75) is 13.5 Å². The van der Waals surface area contributed by atoms with E-state index in [0.29, 0.717) is 44.4 Å². The second-order valence-corrected chi connectivity index (χ2v) is 8.89. The van der Waals surface area contributed by atoms with Gasteiger partial charge >= 0.3 is 0 Å². The van der Waals surface area contributed by atoms with Gasteiger partial charge in [-0.25, -0.2) is 14.4 Å². The second-order valence-electron chi connectivity index (χ2n) is 8.48. The minimum Gasteiger partial charge on any atom is -0.487 e. The lowest BCUT2D eigenvalue weighted by Crippen LogP contribution is -2.33. The molecule has 1 atom stereocenters. The maximum atomic E-state index is 13.4. The van der Waals surface area contributed by atoms with Crippen LogP contribution in [-0.4, -0.2) is 28.3 Å². The summed E-state index contributed by atoms with van der Waals surface area (Å²) in [4.78, 5) is 32.6. The molecule has 8 nitrogen and oxygen atoms in total. The van der Waals surface area contributed by atoms with Gasteiger partial charge in [-0.1, -0.05) is 37.2 Å². The minimum atomic E-state index is -0.456. The van der Waals surface area contributed by atoms with Gasteiger partial charge in [0, 0.05) is 23.3 Å². The predicted octanol–water partition coefficient (Wildman–Crippen LogP) is 5.62. The van der Waals surface area contributed by atoms with Crippen LogP contribution in [0.4, 0.5) is 21.6 Å². The largest absolute Gasteiger partial charge is 0.487 e. The molecule has 4 rings (SSSR count). The Morgan fingerprint density at radius 3 is 2.68 bits per heavy atom. The smallest absolute Gasteiger partial charge is 0.243 e. The summed E-state index contributed by atoms with van der Waals surface area (Å²) in [7, 11) is 0. The highest BCUT2D eigenvalue weighted by Crippen LogP contribution is 2.31. The normalized spacial score (nSPS) is 11.4. The Hall–Kier alpha value is -4.50. The van der Waals surface area contributed by atoms with Gasteiger partial charge in [-0.2, -0.15) is 0 Å². The standard InChI is InChI=1S/C28H25ClFN5O3/c1-3-26(36)31-14-17(2)28(37)35-20-7-9-24-22(12-20)27(33-16-32-24)34-21-8-10-25(23(29)13-21)38-15-18-5-4-6-19(30)11-18/h3-13,16-17H,1,14-15H2,2H3,(H,31,36)(H,35,37)(H,32,33,34). The molecule has 0 saturated heterocycles. The molecule has 0 aliphatic heterocycles. The predicted molar refractivity (Wildman–Crippen MR) is 146 cm³/mol. The van der Waals surface area contributed by atoms with Crippen LogP contribution in [-0.2, 0) is 16.2 Å². The molecule has 0 bridgehead atoms. The average Bonchev–Trinajstić information content (AvgIpc) is 2.91. The Balaban J connectivity index is 1.46. The lowest BCUT2D eigenvalue weighted by Gasteiger charge is -2.14. The van der Waals surface area contributed by atoms with Gasteiger partial charge in [0.2, 0.25) is 11.8 Å². The molecule has 1 aromatic heterocycles. The van der Waals surface area contributed by atoms with Crippen LogP contribution in [0.15, 0.2) is 79.6 Å². The monoisotopic (exact) mass is 533 g/mol. The molecule has 1 unspecified atom stereocenters. The molecule has 0 saturated carbocycles. The Labute approximate surface area is 223 Å². The van der Waals surface area contributed by atoms with Gasteiger partial charge in [0.1, 0.15) is 30.3 Å². The van der Waals surface area contributed by atoms with Gasteiger partial charge in [-0.15, -0.1) is 0 Å². The van der Waals surface area contributed by atoms with Crippen molar-refractivity contribution in [3.8, 4) is 5.75 Å². The van der Waals surface area contributed by atoms with Crippen LogP contribution in [0.2, 0.25) is 5.02 Å². The summed E-state index contributed by atoms with van der Waals surface area (Å²) >= 11 is 6.43. The highest BCUT2D eigenvalue weighted by Gasteiger charge is 2.15. The summed E-state index contributed by atoms with van der Waals surface area (Å²) < 4.78 is 19.1.